The first kappa shape index (κ1) is 16.7. The van der Waals surface area contributed by atoms with Gasteiger partial charge in [-0.15, -0.1) is 0 Å². The van der Waals surface area contributed by atoms with E-state index < -0.39 is 28.8 Å². The number of nitrogens with one attached hydrogen (secondary N) is 1. The molecule has 0 spiro atoms. The van der Waals surface area contributed by atoms with Crippen molar-refractivity contribution in [3.63, 3.8) is 0 Å². The van der Waals surface area contributed by atoms with Crippen LogP contribution in [0, 0.1) is 5.92 Å². The maximum Gasteiger partial charge on any atom is 0.402 e. The number of hydrogen-bond donors (Lipinski definition) is 1. The fourth-order valence-corrected chi connectivity index (χ4v) is 4.33. The van der Waals surface area contributed by atoms with Gasteiger partial charge in [0.1, 0.15) is 6.54 Å². The van der Waals surface area contributed by atoms with Gasteiger partial charge >= 0.3 is 6.18 Å². The molecule has 0 saturated carbocycles. The molecule has 1 aliphatic heterocycles. The molecule has 0 unspecified atom stereocenters. The molecule has 114 valence electrons. The third kappa shape index (κ3) is 5.66. The van der Waals surface area contributed by atoms with Crippen molar-refractivity contribution in [1.29, 1.82) is 0 Å². The van der Waals surface area contributed by atoms with Crippen molar-refractivity contribution in [1.82, 2.24) is 9.62 Å². The van der Waals surface area contributed by atoms with Gasteiger partial charge in [-0.25, -0.2) is 8.42 Å². The molecular formula is C11H21F3N2O2S. The molecule has 1 fully saturated rings. The Hall–Kier alpha value is -0.340. The maximum absolute atomic E-state index is 12.5. The minimum Gasteiger partial charge on any atom is -0.317 e. The van der Waals surface area contributed by atoms with Crippen LogP contribution in [-0.2, 0) is 10.0 Å². The Morgan fingerprint density at radius 1 is 1.26 bits per heavy atom. The quantitative estimate of drug-likeness (QED) is 0.839. The zero-order chi connectivity index (χ0) is 14.7. The maximum atomic E-state index is 12.5. The highest BCUT2D eigenvalue weighted by Crippen LogP contribution is 2.23. The summed E-state index contributed by atoms with van der Waals surface area (Å²) in [6, 6.07) is -0.687. The van der Waals surface area contributed by atoms with Crippen molar-refractivity contribution in [2.24, 2.45) is 5.92 Å². The van der Waals surface area contributed by atoms with Crippen LogP contribution in [0.25, 0.3) is 0 Å². The number of hydrogen-bond acceptors (Lipinski definition) is 3. The first-order valence-electron chi connectivity index (χ1n) is 6.39. The Bertz CT molecular complexity index is 376. The highest BCUT2D eigenvalue weighted by atomic mass is 32.2. The second-order valence-corrected chi connectivity index (χ2v) is 7.19. The molecule has 8 heteroatoms. The normalized spacial score (nSPS) is 19.3. The molecule has 1 heterocycles. The van der Waals surface area contributed by atoms with Crippen molar-refractivity contribution in [2.45, 2.75) is 38.9 Å². The molecule has 0 aromatic carbocycles. The number of nitrogens with zero attached hydrogens (tertiary/aromatic N) is 1. The molecule has 0 atom stereocenters. The van der Waals surface area contributed by atoms with Crippen LogP contribution < -0.4 is 5.32 Å². The average Bonchev–Trinajstić information content (AvgIpc) is 2.25. The average molecular weight is 302 g/mol. The van der Waals surface area contributed by atoms with E-state index >= 15 is 0 Å². The zero-order valence-corrected chi connectivity index (χ0v) is 12.0. The predicted molar refractivity (Wildman–Crippen MR) is 67.3 cm³/mol. The number of halogens is 3. The van der Waals surface area contributed by atoms with Crippen LogP contribution in [0.3, 0.4) is 0 Å². The minimum absolute atomic E-state index is 0.0549. The fraction of sp³-hybridized carbons (Fsp3) is 1.00. The number of sulfonamides is 1. The Morgan fingerprint density at radius 3 is 2.21 bits per heavy atom. The first-order chi connectivity index (χ1) is 8.62. The second kappa shape index (κ2) is 6.41. The third-order valence-corrected chi connectivity index (χ3v) is 5.33. The van der Waals surface area contributed by atoms with Gasteiger partial charge in [0, 0.05) is 6.04 Å². The number of rotatable bonds is 5. The van der Waals surface area contributed by atoms with Crippen LogP contribution in [0.15, 0.2) is 0 Å². The molecule has 0 bridgehead atoms. The summed E-state index contributed by atoms with van der Waals surface area (Å²) in [7, 11) is -3.87. The van der Waals surface area contributed by atoms with Crippen LogP contribution in [0.1, 0.15) is 26.7 Å². The van der Waals surface area contributed by atoms with E-state index in [1.54, 1.807) is 0 Å². The van der Waals surface area contributed by atoms with Crippen LogP contribution in [-0.4, -0.2) is 50.3 Å². The molecule has 19 heavy (non-hydrogen) atoms. The lowest BCUT2D eigenvalue weighted by Crippen LogP contribution is -2.46. The van der Waals surface area contributed by atoms with E-state index in [4.69, 9.17) is 0 Å². The second-order valence-electron chi connectivity index (χ2n) is 5.23. The Morgan fingerprint density at radius 2 is 1.79 bits per heavy atom. The largest absolute Gasteiger partial charge is 0.402 e. The minimum atomic E-state index is -4.51. The molecule has 0 amide bonds. The highest BCUT2D eigenvalue weighted by molar-refractivity contribution is 7.89. The van der Waals surface area contributed by atoms with Gasteiger partial charge in [0.05, 0.1) is 5.75 Å². The summed E-state index contributed by atoms with van der Waals surface area (Å²) in [5, 5.41) is 3.10. The van der Waals surface area contributed by atoms with E-state index in [2.05, 4.69) is 5.32 Å². The topological polar surface area (TPSA) is 49.4 Å². The van der Waals surface area contributed by atoms with Gasteiger partial charge in [-0.1, -0.05) is 0 Å². The Labute approximate surface area is 112 Å². The van der Waals surface area contributed by atoms with Crippen molar-refractivity contribution < 1.29 is 21.6 Å². The molecule has 0 radical (unpaired) electrons. The Balaban J connectivity index is 2.75. The van der Waals surface area contributed by atoms with Gasteiger partial charge in [0.25, 0.3) is 0 Å². The lowest BCUT2D eigenvalue weighted by molar-refractivity contribution is -0.138. The zero-order valence-electron chi connectivity index (χ0n) is 11.2. The SMILES string of the molecule is CC(C)N(CC(F)(F)F)S(=O)(=O)CC1CCNCC1. The lowest BCUT2D eigenvalue weighted by Gasteiger charge is -2.30. The van der Waals surface area contributed by atoms with E-state index in [1.807, 2.05) is 0 Å². The van der Waals surface area contributed by atoms with E-state index in [0.29, 0.717) is 17.1 Å². The van der Waals surface area contributed by atoms with Gasteiger partial charge in [0.15, 0.2) is 0 Å². The van der Waals surface area contributed by atoms with E-state index in [9.17, 15) is 21.6 Å². The van der Waals surface area contributed by atoms with Gasteiger partial charge < -0.3 is 5.32 Å². The predicted octanol–water partition coefficient (Wildman–Crippen LogP) is 1.59. The van der Waals surface area contributed by atoms with Gasteiger partial charge in [0.2, 0.25) is 10.0 Å². The molecule has 1 rings (SSSR count). The van der Waals surface area contributed by atoms with Gasteiger partial charge in [-0.2, -0.15) is 17.5 Å². The van der Waals surface area contributed by atoms with Gasteiger partial charge in [-0.05, 0) is 45.7 Å². The van der Waals surface area contributed by atoms with Crippen LogP contribution >= 0.6 is 0 Å². The van der Waals surface area contributed by atoms with Crippen molar-refractivity contribution in [3.8, 4) is 0 Å². The fourth-order valence-electron chi connectivity index (χ4n) is 2.22. The molecule has 0 aromatic rings. The number of alkyl halides is 3. The van der Waals surface area contributed by atoms with Crippen LogP contribution in [0.5, 0.6) is 0 Å². The number of piperidine rings is 1. The smallest absolute Gasteiger partial charge is 0.317 e. The van der Waals surface area contributed by atoms with Crippen molar-refractivity contribution >= 4 is 10.0 Å². The van der Waals surface area contributed by atoms with Crippen LogP contribution in [0.4, 0.5) is 13.2 Å². The molecule has 0 aliphatic carbocycles. The molecule has 4 nitrogen and oxygen atoms in total. The van der Waals surface area contributed by atoms with Gasteiger partial charge in [-0.3, -0.25) is 0 Å². The summed E-state index contributed by atoms with van der Waals surface area (Å²) in [4.78, 5) is 0. The van der Waals surface area contributed by atoms with Crippen LogP contribution in [0.2, 0.25) is 0 Å². The summed E-state index contributed by atoms with van der Waals surface area (Å²) in [5.74, 6) is -0.246. The summed E-state index contributed by atoms with van der Waals surface area (Å²) >= 11 is 0. The summed E-state index contributed by atoms with van der Waals surface area (Å²) in [5.41, 5.74) is 0. The molecule has 1 saturated heterocycles. The van der Waals surface area contributed by atoms with Crippen molar-refractivity contribution in [3.05, 3.63) is 0 Å². The van der Waals surface area contributed by atoms with Crippen molar-refractivity contribution in [2.75, 3.05) is 25.4 Å². The summed E-state index contributed by atoms with van der Waals surface area (Å²) in [6.07, 6.45) is -3.13. The standard InChI is InChI=1S/C11H21F3N2O2S/c1-9(2)16(8-11(12,13)14)19(17,18)7-10-3-5-15-6-4-10/h9-10,15H,3-8H2,1-2H3. The molecule has 1 N–H and O–H groups in total. The first-order valence-corrected chi connectivity index (χ1v) is 8.00. The van der Waals surface area contributed by atoms with E-state index in [0.717, 1.165) is 13.1 Å². The third-order valence-electron chi connectivity index (χ3n) is 3.17. The van der Waals surface area contributed by atoms with E-state index in [-0.39, 0.29) is 11.7 Å². The lowest BCUT2D eigenvalue weighted by atomic mass is 10.0. The summed E-state index contributed by atoms with van der Waals surface area (Å²) < 4.78 is 62.2. The molecular weight excluding hydrogens is 281 g/mol. The monoisotopic (exact) mass is 302 g/mol. The summed E-state index contributed by atoms with van der Waals surface area (Å²) in [6.45, 7) is 2.97. The Kier molecular flexibility index (Phi) is 5.64. The highest BCUT2D eigenvalue weighted by Gasteiger charge is 2.38. The molecule has 0 aromatic heterocycles. The molecule has 1 aliphatic rings. The van der Waals surface area contributed by atoms with E-state index in [1.165, 1.54) is 13.8 Å².